The number of methoxy groups -OCH3 is 1. The molecule has 1 unspecified atom stereocenters. The average Bonchev–Trinajstić information content (AvgIpc) is 3.39. The average molecular weight is 604 g/mol. The van der Waals surface area contributed by atoms with Crippen molar-refractivity contribution in [3.05, 3.63) is 100 Å². The number of nitrogens with zero attached hydrogens (tertiary/aromatic N) is 3. The summed E-state index contributed by atoms with van der Waals surface area (Å²) in [6.45, 7) is 6.87. The summed E-state index contributed by atoms with van der Waals surface area (Å²) < 4.78 is 13.2. The van der Waals surface area contributed by atoms with Crippen LogP contribution < -0.4 is 20.1 Å². The Morgan fingerprint density at radius 2 is 1.83 bits per heavy atom. The molecular formula is C32H34ClN5O3S. The number of ether oxygens (including phenoxy) is 2. The molecular weight excluding hydrogens is 570 g/mol. The minimum absolute atomic E-state index is 0.266. The van der Waals surface area contributed by atoms with Crippen LogP contribution in [0.15, 0.2) is 89.2 Å². The molecule has 0 aliphatic carbocycles. The van der Waals surface area contributed by atoms with E-state index in [0.717, 1.165) is 23.3 Å². The molecule has 0 spiro atoms. The molecule has 1 aliphatic rings. The number of halogens is 1. The van der Waals surface area contributed by atoms with Crippen molar-refractivity contribution in [2.45, 2.75) is 44.1 Å². The van der Waals surface area contributed by atoms with Gasteiger partial charge in [-0.1, -0.05) is 79.7 Å². The fourth-order valence-electron chi connectivity index (χ4n) is 4.65. The van der Waals surface area contributed by atoms with Gasteiger partial charge in [0.2, 0.25) is 11.1 Å². The number of benzene rings is 3. The van der Waals surface area contributed by atoms with Gasteiger partial charge in [0.1, 0.15) is 17.5 Å². The maximum absolute atomic E-state index is 13.9. The summed E-state index contributed by atoms with van der Waals surface area (Å²) in [6.07, 6.45) is 0.974. The molecule has 1 atom stereocenters. The molecule has 218 valence electrons. The largest absolute Gasteiger partial charge is 0.495 e. The molecule has 1 aliphatic heterocycles. The molecule has 10 heteroatoms. The Morgan fingerprint density at radius 3 is 2.57 bits per heavy atom. The predicted molar refractivity (Wildman–Crippen MR) is 169 cm³/mol. The first-order valence-corrected chi connectivity index (χ1v) is 15.2. The van der Waals surface area contributed by atoms with Gasteiger partial charge in [0.15, 0.2) is 0 Å². The van der Waals surface area contributed by atoms with Gasteiger partial charge in [-0.3, -0.25) is 4.79 Å². The van der Waals surface area contributed by atoms with E-state index in [1.807, 2.05) is 79.7 Å². The number of nitrogens with one attached hydrogen (secondary N) is 2. The topological polar surface area (TPSA) is 90.3 Å². The minimum Gasteiger partial charge on any atom is -0.495 e. The Kier molecular flexibility index (Phi) is 9.39. The molecule has 0 saturated carbocycles. The molecule has 0 bridgehead atoms. The fourth-order valence-corrected chi connectivity index (χ4v) is 5.76. The molecule has 42 heavy (non-hydrogen) atoms. The number of carbonyl (C=O) groups excluding carboxylic acids is 1. The molecule has 1 amide bonds. The normalized spacial score (nSPS) is 14.4. The van der Waals surface area contributed by atoms with Gasteiger partial charge in [0.05, 0.1) is 25.0 Å². The summed E-state index contributed by atoms with van der Waals surface area (Å²) in [5.74, 6) is 2.83. The fraction of sp³-hybridized carbons (Fsp3) is 0.281. The van der Waals surface area contributed by atoms with Crippen LogP contribution in [-0.2, 0) is 10.5 Å². The number of aromatic nitrogens is 3. The Morgan fingerprint density at radius 1 is 1.10 bits per heavy atom. The number of carbonyl (C=O) groups is 1. The van der Waals surface area contributed by atoms with Crippen LogP contribution in [0.5, 0.6) is 11.5 Å². The quantitative estimate of drug-likeness (QED) is 0.171. The number of rotatable bonds is 11. The lowest BCUT2D eigenvalue weighted by Crippen LogP contribution is -2.31. The van der Waals surface area contributed by atoms with E-state index in [4.69, 9.17) is 31.2 Å². The Labute approximate surface area is 255 Å². The second-order valence-electron chi connectivity index (χ2n) is 10.4. The van der Waals surface area contributed by atoms with Gasteiger partial charge in [0.25, 0.3) is 5.91 Å². The predicted octanol–water partition coefficient (Wildman–Crippen LogP) is 7.58. The van der Waals surface area contributed by atoms with Crippen LogP contribution in [0.4, 0.5) is 11.6 Å². The van der Waals surface area contributed by atoms with E-state index >= 15 is 0 Å². The maximum atomic E-state index is 13.9. The third-order valence-corrected chi connectivity index (χ3v) is 8.16. The number of amides is 1. The summed E-state index contributed by atoms with van der Waals surface area (Å²) >= 11 is 7.86. The molecule has 3 aromatic carbocycles. The maximum Gasteiger partial charge on any atom is 0.255 e. The second-order valence-corrected chi connectivity index (χ2v) is 11.7. The summed E-state index contributed by atoms with van der Waals surface area (Å²) in [5.41, 5.74) is 3.67. The first-order chi connectivity index (χ1) is 20.3. The van der Waals surface area contributed by atoms with Crippen molar-refractivity contribution >= 4 is 40.9 Å². The lowest BCUT2D eigenvalue weighted by molar-refractivity contribution is -0.113. The van der Waals surface area contributed by atoms with Crippen LogP contribution in [0.3, 0.4) is 0 Å². The molecule has 2 N–H and O–H groups in total. The summed E-state index contributed by atoms with van der Waals surface area (Å²) in [7, 11) is 1.58. The van der Waals surface area contributed by atoms with Crippen LogP contribution in [0.2, 0.25) is 5.02 Å². The first kappa shape index (κ1) is 29.5. The third-order valence-electron chi connectivity index (χ3n) is 6.91. The standard InChI is InChI=1S/C32H34ClN5O3S/c1-20(2)17-18-41-24-15-13-22(14-16-24)29-28(30(39)35-26-11-7-8-12-27(26)40-4)21(3)34-31-36-32(37-38(29)31)42-19-23-9-5-6-10-25(23)33/h5-16,20,29H,17-19H2,1-4H3,(H,35,39)(H,34,36,37). The number of hydrogen-bond donors (Lipinski definition) is 2. The number of allylic oxidation sites excluding steroid dienone is 1. The van der Waals surface area contributed by atoms with Gasteiger partial charge >= 0.3 is 0 Å². The summed E-state index contributed by atoms with van der Waals surface area (Å²) in [5, 5.41) is 12.5. The third kappa shape index (κ3) is 6.74. The van der Waals surface area contributed by atoms with E-state index in [-0.39, 0.29) is 5.91 Å². The second kappa shape index (κ2) is 13.4. The zero-order chi connectivity index (χ0) is 29.6. The molecule has 5 rings (SSSR count). The SMILES string of the molecule is COc1ccccc1NC(=O)C1=C(C)Nc2nc(SCc3ccccc3Cl)nn2C1c1ccc(OCCC(C)C)cc1. The molecule has 8 nitrogen and oxygen atoms in total. The Bertz CT molecular complexity index is 1590. The number of para-hydroxylation sites is 2. The smallest absolute Gasteiger partial charge is 0.255 e. The highest BCUT2D eigenvalue weighted by Gasteiger charge is 2.34. The van der Waals surface area contributed by atoms with Crippen LogP contribution in [0, 0.1) is 5.92 Å². The first-order valence-electron chi connectivity index (χ1n) is 13.8. The van der Waals surface area contributed by atoms with Crippen LogP contribution >= 0.6 is 23.4 Å². The molecule has 1 aromatic heterocycles. The van der Waals surface area contributed by atoms with E-state index in [1.54, 1.807) is 11.8 Å². The zero-order valence-electron chi connectivity index (χ0n) is 24.1. The van der Waals surface area contributed by atoms with E-state index in [0.29, 0.717) is 57.1 Å². The highest BCUT2D eigenvalue weighted by Crippen LogP contribution is 2.38. The van der Waals surface area contributed by atoms with Crippen LogP contribution in [0.25, 0.3) is 0 Å². The number of fused-ring (bicyclic) bond motifs is 1. The van der Waals surface area contributed by atoms with Crippen molar-refractivity contribution in [1.82, 2.24) is 14.8 Å². The van der Waals surface area contributed by atoms with E-state index in [2.05, 4.69) is 24.5 Å². The van der Waals surface area contributed by atoms with Crippen molar-refractivity contribution < 1.29 is 14.3 Å². The van der Waals surface area contributed by atoms with Gasteiger partial charge in [-0.2, -0.15) is 4.98 Å². The van der Waals surface area contributed by atoms with Gasteiger partial charge in [-0.15, -0.1) is 5.10 Å². The number of thioether (sulfide) groups is 1. The van der Waals surface area contributed by atoms with Gasteiger partial charge in [0, 0.05) is 16.5 Å². The molecule has 0 saturated heterocycles. The molecule has 2 heterocycles. The minimum atomic E-state index is -0.525. The highest BCUT2D eigenvalue weighted by atomic mass is 35.5. The lowest BCUT2D eigenvalue weighted by atomic mass is 9.95. The van der Waals surface area contributed by atoms with E-state index in [9.17, 15) is 4.79 Å². The van der Waals surface area contributed by atoms with Crippen molar-refractivity contribution in [1.29, 1.82) is 0 Å². The van der Waals surface area contributed by atoms with Crippen molar-refractivity contribution in [2.75, 3.05) is 24.4 Å². The Hall–Kier alpha value is -3.95. The molecule has 0 fully saturated rings. The monoisotopic (exact) mass is 603 g/mol. The van der Waals surface area contributed by atoms with Crippen molar-refractivity contribution in [2.24, 2.45) is 5.92 Å². The van der Waals surface area contributed by atoms with Crippen molar-refractivity contribution in [3.63, 3.8) is 0 Å². The van der Waals surface area contributed by atoms with Crippen molar-refractivity contribution in [3.8, 4) is 11.5 Å². The van der Waals surface area contributed by atoms with Crippen LogP contribution in [-0.4, -0.2) is 34.4 Å². The molecule has 0 radical (unpaired) electrons. The Balaban J connectivity index is 1.47. The van der Waals surface area contributed by atoms with Gasteiger partial charge in [-0.05, 0) is 60.7 Å². The summed E-state index contributed by atoms with van der Waals surface area (Å²) in [4.78, 5) is 18.6. The molecule has 4 aromatic rings. The van der Waals surface area contributed by atoms with Gasteiger partial charge < -0.3 is 20.1 Å². The number of hydrogen-bond acceptors (Lipinski definition) is 7. The van der Waals surface area contributed by atoms with Crippen LogP contribution in [0.1, 0.15) is 44.4 Å². The zero-order valence-corrected chi connectivity index (χ0v) is 25.6. The number of anilines is 2. The lowest BCUT2D eigenvalue weighted by Gasteiger charge is -2.29. The highest BCUT2D eigenvalue weighted by molar-refractivity contribution is 7.98. The van der Waals surface area contributed by atoms with E-state index in [1.165, 1.54) is 11.8 Å². The van der Waals surface area contributed by atoms with Gasteiger partial charge in [-0.25, -0.2) is 4.68 Å². The van der Waals surface area contributed by atoms with E-state index < -0.39 is 6.04 Å². The summed E-state index contributed by atoms with van der Waals surface area (Å²) in [6, 6.07) is 22.4.